The molecule has 0 saturated carbocycles. The van der Waals surface area contributed by atoms with Crippen molar-refractivity contribution in [2.75, 3.05) is 7.11 Å². The normalized spacial score (nSPS) is 15.4. The van der Waals surface area contributed by atoms with Crippen LogP contribution in [0.25, 0.3) is 0 Å². The fourth-order valence-corrected chi connectivity index (χ4v) is 3.59. The Labute approximate surface area is 161 Å². The van der Waals surface area contributed by atoms with Crippen molar-refractivity contribution >= 4 is 11.8 Å². The average Bonchev–Trinajstić information content (AvgIpc) is 2.72. The number of aliphatic hydroxyl groups is 1. The Morgan fingerprint density at radius 2 is 1.56 bits per heavy atom. The molecule has 0 aliphatic heterocycles. The zero-order valence-electron chi connectivity index (χ0n) is 16.2. The SMILES string of the molecule is CCC(c1ccccc1)C(C(=O)CC(O)(CC)c1ccccc1)C(=O)OC. The lowest BCUT2D eigenvalue weighted by Crippen LogP contribution is -2.37. The third-order valence-corrected chi connectivity index (χ3v) is 5.23. The topological polar surface area (TPSA) is 63.6 Å². The Bertz CT molecular complexity index is 741. The van der Waals surface area contributed by atoms with Crippen LogP contribution in [0.5, 0.6) is 0 Å². The van der Waals surface area contributed by atoms with Crippen molar-refractivity contribution in [1.29, 1.82) is 0 Å². The minimum atomic E-state index is -1.31. The fourth-order valence-electron chi connectivity index (χ4n) is 3.59. The molecule has 0 heterocycles. The van der Waals surface area contributed by atoms with Gasteiger partial charge in [-0.3, -0.25) is 9.59 Å². The van der Waals surface area contributed by atoms with Gasteiger partial charge < -0.3 is 9.84 Å². The number of benzene rings is 2. The minimum Gasteiger partial charge on any atom is -0.468 e. The summed E-state index contributed by atoms with van der Waals surface area (Å²) in [6.45, 7) is 3.78. The van der Waals surface area contributed by atoms with Crippen LogP contribution in [0, 0.1) is 5.92 Å². The number of carbonyl (C=O) groups excluding carboxylic acids is 2. The molecule has 3 atom stereocenters. The van der Waals surface area contributed by atoms with Crippen molar-refractivity contribution in [3.63, 3.8) is 0 Å². The van der Waals surface area contributed by atoms with Gasteiger partial charge in [0, 0.05) is 12.3 Å². The monoisotopic (exact) mass is 368 g/mol. The summed E-state index contributed by atoms with van der Waals surface area (Å²) in [7, 11) is 1.30. The zero-order valence-corrected chi connectivity index (χ0v) is 16.2. The van der Waals surface area contributed by atoms with Crippen molar-refractivity contribution in [2.24, 2.45) is 5.92 Å². The molecule has 4 nitrogen and oxygen atoms in total. The van der Waals surface area contributed by atoms with E-state index in [1.807, 2.05) is 62.4 Å². The van der Waals surface area contributed by atoms with E-state index in [2.05, 4.69) is 0 Å². The minimum absolute atomic E-state index is 0.128. The van der Waals surface area contributed by atoms with Crippen LogP contribution in [0.1, 0.15) is 50.2 Å². The second kappa shape index (κ2) is 9.47. The van der Waals surface area contributed by atoms with E-state index in [0.29, 0.717) is 18.4 Å². The number of ether oxygens (including phenoxy) is 1. The molecule has 27 heavy (non-hydrogen) atoms. The van der Waals surface area contributed by atoms with E-state index in [1.54, 1.807) is 12.1 Å². The van der Waals surface area contributed by atoms with Crippen molar-refractivity contribution in [1.82, 2.24) is 0 Å². The van der Waals surface area contributed by atoms with Crippen LogP contribution in [0.4, 0.5) is 0 Å². The first kappa shape index (κ1) is 20.8. The molecule has 0 aliphatic rings. The summed E-state index contributed by atoms with van der Waals surface area (Å²) in [5.74, 6) is -2.08. The summed E-state index contributed by atoms with van der Waals surface area (Å²) < 4.78 is 4.95. The van der Waals surface area contributed by atoms with Crippen LogP contribution >= 0.6 is 0 Å². The zero-order chi connectivity index (χ0) is 19.9. The van der Waals surface area contributed by atoms with Crippen LogP contribution in [-0.4, -0.2) is 24.0 Å². The molecule has 1 N–H and O–H groups in total. The molecular weight excluding hydrogens is 340 g/mol. The van der Waals surface area contributed by atoms with Gasteiger partial charge in [0.15, 0.2) is 5.78 Å². The van der Waals surface area contributed by atoms with E-state index in [0.717, 1.165) is 5.56 Å². The van der Waals surface area contributed by atoms with Gasteiger partial charge in [-0.1, -0.05) is 74.5 Å². The van der Waals surface area contributed by atoms with Crippen LogP contribution in [0.2, 0.25) is 0 Å². The molecular formula is C23H28O4. The van der Waals surface area contributed by atoms with E-state index in [9.17, 15) is 14.7 Å². The Balaban J connectivity index is 2.36. The maximum atomic E-state index is 13.2. The van der Waals surface area contributed by atoms with E-state index in [-0.39, 0.29) is 18.1 Å². The molecule has 0 radical (unpaired) electrons. The molecule has 0 saturated heterocycles. The van der Waals surface area contributed by atoms with Gasteiger partial charge in [0.1, 0.15) is 5.92 Å². The second-order valence-electron chi connectivity index (χ2n) is 6.82. The second-order valence-corrected chi connectivity index (χ2v) is 6.82. The Morgan fingerprint density at radius 3 is 2.04 bits per heavy atom. The Morgan fingerprint density at radius 1 is 1.00 bits per heavy atom. The van der Waals surface area contributed by atoms with Gasteiger partial charge in [0.25, 0.3) is 0 Å². The number of methoxy groups -OCH3 is 1. The highest BCUT2D eigenvalue weighted by Crippen LogP contribution is 2.35. The predicted molar refractivity (Wildman–Crippen MR) is 105 cm³/mol. The van der Waals surface area contributed by atoms with Gasteiger partial charge in [-0.05, 0) is 24.0 Å². The summed E-state index contributed by atoms with van der Waals surface area (Å²) >= 11 is 0. The molecule has 0 amide bonds. The molecule has 0 aliphatic carbocycles. The van der Waals surface area contributed by atoms with Crippen molar-refractivity contribution in [3.8, 4) is 0 Å². The van der Waals surface area contributed by atoms with Crippen LogP contribution in [0.15, 0.2) is 60.7 Å². The lowest BCUT2D eigenvalue weighted by molar-refractivity contribution is -0.152. The van der Waals surface area contributed by atoms with Crippen LogP contribution in [0.3, 0.4) is 0 Å². The van der Waals surface area contributed by atoms with E-state index >= 15 is 0 Å². The Hall–Kier alpha value is -2.46. The van der Waals surface area contributed by atoms with E-state index < -0.39 is 17.5 Å². The van der Waals surface area contributed by atoms with E-state index in [4.69, 9.17) is 4.74 Å². The number of ketones is 1. The van der Waals surface area contributed by atoms with Crippen molar-refractivity contribution < 1.29 is 19.4 Å². The first-order valence-electron chi connectivity index (χ1n) is 9.40. The quantitative estimate of drug-likeness (QED) is 0.531. The van der Waals surface area contributed by atoms with Gasteiger partial charge >= 0.3 is 5.97 Å². The molecule has 3 unspecified atom stereocenters. The number of rotatable bonds is 9. The smallest absolute Gasteiger partial charge is 0.316 e. The summed E-state index contributed by atoms with van der Waals surface area (Å²) in [4.78, 5) is 25.7. The van der Waals surface area contributed by atoms with Gasteiger partial charge in [0.2, 0.25) is 0 Å². The highest BCUT2D eigenvalue weighted by molar-refractivity contribution is 6.00. The highest BCUT2D eigenvalue weighted by Gasteiger charge is 2.40. The summed E-state index contributed by atoms with van der Waals surface area (Å²) in [6, 6.07) is 18.6. The largest absolute Gasteiger partial charge is 0.468 e. The fraction of sp³-hybridized carbons (Fsp3) is 0.391. The third-order valence-electron chi connectivity index (χ3n) is 5.23. The number of Topliss-reactive ketones (excluding diaryl/α,β-unsaturated/α-hetero) is 1. The van der Waals surface area contributed by atoms with Crippen LogP contribution < -0.4 is 0 Å². The third kappa shape index (κ3) is 4.83. The molecule has 0 aromatic heterocycles. The molecule has 144 valence electrons. The Kier molecular flexibility index (Phi) is 7.31. The van der Waals surface area contributed by atoms with Crippen molar-refractivity contribution in [3.05, 3.63) is 71.8 Å². The number of hydrogen-bond acceptors (Lipinski definition) is 4. The number of hydrogen-bond donors (Lipinski definition) is 1. The van der Waals surface area contributed by atoms with Gasteiger partial charge in [-0.15, -0.1) is 0 Å². The summed E-state index contributed by atoms with van der Waals surface area (Å²) in [5, 5.41) is 11.1. The molecule has 0 fully saturated rings. The molecule has 2 aromatic rings. The number of carbonyl (C=O) groups is 2. The maximum Gasteiger partial charge on any atom is 0.316 e. The first-order chi connectivity index (χ1) is 13.0. The van der Waals surface area contributed by atoms with Gasteiger partial charge in [-0.25, -0.2) is 0 Å². The lowest BCUT2D eigenvalue weighted by atomic mass is 9.76. The van der Waals surface area contributed by atoms with Gasteiger partial charge in [-0.2, -0.15) is 0 Å². The standard InChI is InChI=1S/C23H28O4/c1-4-19(17-12-8-6-9-13-17)21(22(25)27-3)20(24)16-23(26,5-2)18-14-10-7-11-15-18/h6-15,19,21,26H,4-5,16H2,1-3H3. The molecule has 0 spiro atoms. The lowest BCUT2D eigenvalue weighted by Gasteiger charge is -2.30. The maximum absolute atomic E-state index is 13.2. The summed E-state index contributed by atoms with van der Waals surface area (Å²) in [5.41, 5.74) is 0.292. The van der Waals surface area contributed by atoms with Crippen LogP contribution in [-0.2, 0) is 19.9 Å². The molecule has 2 aromatic carbocycles. The van der Waals surface area contributed by atoms with E-state index in [1.165, 1.54) is 7.11 Å². The molecule has 4 heteroatoms. The first-order valence-corrected chi connectivity index (χ1v) is 9.40. The van der Waals surface area contributed by atoms with Crippen molar-refractivity contribution in [2.45, 2.75) is 44.6 Å². The summed E-state index contributed by atoms with van der Waals surface area (Å²) in [6.07, 6.45) is 0.862. The molecule has 2 rings (SSSR count). The average molecular weight is 368 g/mol. The van der Waals surface area contributed by atoms with Gasteiger partial charge in [0.05, 0.1) is 12.7 Å². The number of esters is 1. The predicted octanol–water partition coefficient (Wildman–Crippen LogP) is 4.23. The molecule has 0 bridgehead atoms. The highest BCUT2D eigenvalue weighted by atomic mass is 16.5.